The van der Waals surface area contributed by atoms with Gasteiger partial charge in [0.2, 0.25) is 0 Å². The monoisotopic (exact) mass is 225 g/mol. The molecule has 0 N–H and O–H groups in total. The van der Waals surface area contributed by atoms with Crippen molar-refractivity contribution in [2.75, 3.05) is 0 Å². The SMILES string of the molecule is C=Cc1ccn(C)c1C(Br)=CC. The van der Waals surface area contributed by atoms with Gasteiger partial charge in [-0.25, -0.2) is 0 Å². The summed E-state index contributed by atoms with van der Waals surface area (Å²) in [5, 5.41) is 0. The minimum absolute atomic E-state index is 1.10. The maximum absolute atomic E-state index is 3.76. The maximum Gasteiger partial charge on any atom is 0.0618 e. The summed E-state index contributed by atoms with van der Waals surface area (Å²) in [7, 11) is 2.02. The third-order valence-electron chi connectivity index (χ3n) is 1.80. The minimum Gasteiger partial charge on any atom is -0.350 e. The zero-order valence-electron chi connectivity index (χ0n) is 7.34. The first-order valence-corrected chi connectivity index (χ1v) is 4.60. The Kier molecular flexibility index (Phi) is 2.93. The van der Waals surface area contributed by atoms with E-state index in [-0.39, 0.29) is 0 Å². The van der Waals surface area contributed by atoms with Crippen LogP contribution in [0.25, 0.3) is 10.6 Å². The quantitative estimate of drug-likeness (QED) is 0.728. The van der Waals surface area contributed by atoms with E-state index < -0.39 is 0 Å². The fraction of sp³-hybridized carbons (Fsp3) is 0.200. The van der Waals surface area contributed by atoms with E-state index in [9.17, 15) is 0 Å². The van der Waals surface area contributed by atoms with Crippen LogP contribution in [0.15, 0.2) is 24.9 Å². The van der Waals surface area contributed by atoms with Gasteiger partial charge >= 0.3 is 0 Å². The van der Waals surface area contributed by atoms with E-state index in [0.717, 1.165) is 10.0 Å². The summed E-state index contributed by atoms with van der Waals surface area (Å²) in [5.74, 6) is 0. The van der Waals surface area contributed by atoms with E-state index in [1.54, 1.807) is 0 Å². The average molecular weight is 226 g/mol. The van der Waals surface area contributed by atoms with Crippen molar-refractivity contribution < 1.29 is 0 Å². The Morgan fingerprint density at radius 3 is 2.83 bits per heavy atom. The van der Waals surface area contributed by atoms with Gasteiger partial charge in [-0.2, -0.15) is 0 Å². The van der Waals surface area contributed by atoms with Crippen molar-refractivity contribution in [3.05, 3.63) is 36.2 Å². The highest BCUT2D eigenvalue weighted by atomic mass is 79.9. The van der Waals surface area contributed by atoms with E-state index in [2.05, 4.69) is 27.1 Å². The Hall–Kier alpha value is -0.760. The van der Waals surface area contributed by atoms with Crippen LogP contribution in [0.2, 0.25) is 0 Å². The molecule has 1 aromatic rings. The summed E-state index contributed by atoms with van der Waals surface area (Å²) in [6, 6.07) is 2.05. The fourth-order valence-electron chi connectivity index (χ4n) is 1.16. The van der Waals surface area contributed by atoms with Crippen LogP contribution in [-0.2, 0) is 7.05 Å². The molecule has 0 amide bonds. The molecule has 0 unspecified atom stereocenters. The van der Waals surface area contributed by atoms with Gasteiger partial charge in [-0.3, -0.25) is 0 Å². The molecule has 1 rings (SSSR count). The fourth-order valence-corrected chi connectivity index (χ4v) is 1.67. The molecular formula is C10H12BrN. The lowest BCUT2D eigenvalue weighted by Crippen LogP contribution is -1.91. The van der Waals surface area contributed by atoms with Gasteiger partial charge in [0.05, 0.1) is 5.69 Å². The molecule has 0 saturated heterocycles. The highest BCUT2D eigenvalue weighted by Crippen LogP contribution is 2.25. The Bertz CT molecular complexity index is 321. The summed E-state index contributed by atoms with van der Waals surface area (Å²) in [5.41, 5.74) is 2.33. The summed E-state index contributed by atoms with van der Waals surface area (Å²) >= 11 is 3.50. The lowest BCUT2D eigenvalue weighted by Gasteiger charge is -2.02. The van der Waals surface area contributed by atoms with Gasteiger partial charge < -0.3 is 4.57 Å². The molecule has 1 heterocycles. The zero-order valence-corrected chi connectivity index (χ0v) is 8.93. The molecule has 0 aliphatic heterocycles. The number of hydrogen-bond acceptors (Lipinski definition) is 0. The van der Waals surface area contributed by atoms with Crippen LogP contribution in [0.5, 0.6) is 0 Å². The third kappa shape index (κ3) is 1.53. The Morgan fingerprint density at radius 1 is 1.67 bits per heavy atom. The molecule has 1 nitrogen and oxygen atoms in total. The van der Waals surface area contributed by atoms with Gasteiger partial charge in [-0.1, -0.05) is 18.7 Å². The minimum atomic E-state index is 1.10. The summed E-state index contributed by atoms with van der Waals surface area (Å²) in [4.78, 5) is 0. The standard InChI is InChI=1S/C10H12BrN/c1-4-8-6-7-12(3)10(8)9(11)5-2/h4-7H,1H2,2-3H3. The van der Waals surface area contributed by atoms with E-state index in [1.165, 1.54) is 5.69 Å². The number of aryl methyl sites for hydroxylation is 1. The zero-order chi connectivity index (χ0) is 9.14. The Balaban J connectivity index is 3.28. The van der Waals surface area contributed by atoms with Crippen LogP contribution in [0.4, 0.5) is 0 Å². The van der Waals surface area contributed by atoms with Crippen LogP contribution in [0.3, 0.4) is 0 Å². The second-order valence-corrected chi connectivity index (χ2v) is 3.43. The van der Waals surface area contributed by atoms with Gasteiger partial charge in [0, 0.05) is 23.3 Å². The molecule has 0 radical (unpaired) electrons. The largest absolute Gasteiger partial charge is 0.350 e. The number of allylic oxidation sites excluding steroid dienone is 1. The summed E-state index contributed by atoms with van der Waals surface area (Å²) in [6.07, 6.45) is 5.92. The van der Waals surface area contributed by atoms with Crippen molar-refractivity contribution in [2.24, 2.45) is 7.05 Å². The second-order valence-electron chi connectivity index (χ2n) is 2.57. The summed E-state index contributed by atoms with van der Waals surface area (Å²) < 4.78 is 3.17. The normalized spacial score (nSPS) is 11.8. The molecule has 12 heavy (non-hydrogen) atoms. The van der Waals surface area contributed by atoms with E-state index in [1.807, 2.05) is 38.4 Å². The van der Waals surface area contributed by atoms with Crippen molar-refractivity contribution in [3.8, 4) is 0 Å². The topological polar surface area (TPSA) is 4.93 Å². The Morgan fingerprint density at radius 2 is 2.33 bits per heavy atom. The molecule has 64 valence electrons. The Labute approximate surface area is 81.5 Å². The predicted molar refractivity (Wildman–Crippen MR) is 58.1 cm³/mol. The smallest absolute Gasteiger partial charge is 0.0618 e. The van der Waals surface area contributed by atoms with Crippen molar-refractivity contribution in [1.82, 2.24) is 4.57 Å². The first-order valence-electron chi connectivity index (χ1n) is 3.80. The predicted octanol–water partition coefficient (Wildman–Crippen LogP) is 3.42. The van der Waals surface area contributed by atoms with Crippen LogP contribution < -0.4 is 0 Å². The molecular weight excluding hydrogens is 214 g/mol. The van der Waals surface area contributed by atoms with Gasteiger partial charge in [-0.05, 0) is 28.9 Å². The molecule has 0 spiro atoms. The number of halogens is 1. The lowest BCUT2D eigenvalue weighted by molar-refractivity contribution is 0.912. The first-order chi connectivity index (χ1) is 5.70. The van der Waals surface area contributed by atoms with Crippen LogP contribution >= 0.6 is 15.9 Å². The third-order valence-corrected chi connectivity index (χ3v) is 2.64. The molecule has 0 atom stereocenters. The van der Waals surface area contributed by atoms with Crippen LogP contribution in [-0.4, -0.2) is 4.57 Å². The van der Waals surface area contributed by atoms with Gasteiger partial charge in [0.1, 0.15) is 0 Å². The first kappa shape index (κ1) is 9.33. The molecule has 0 aliphatic rings. The number of aromatic nitrogens is 1. The van der Waals surface area contributed by atoms with Crippen LogP contribution in [0.1, 0.15) is 18.2 Å². The van der Waals surface area contributed by atoms with Crippen molar-refractivity contribution in [1.29, 1.82) is 0 Å². The molecule has 0 fully saturated rings. The molecule has 0 aliphatic carbocycles. The average Bonchev–Trinajstić information content (AvgIpc) is 2.45. The number of nitrogens with zero attached hydrogens (tertiary/aromatic N) is 1. The molecule has 0 bridgehead atoms. The van der Waals surface area contributed by atoms with E-state index >= 15 is 0 Å². The van der Waals surface area contributed by atoms with Gasteiger partial charge in [0.25, 0.3) is 0 Å². The van der Waals surface area contributed by atoms with Crippen molar-refractivity contribution >= 4 is 26.5 Å². The van der Waals surface area contributed by atoms with Crippen molar-refractivity contribution in [3.63, 3.8) is 0 Å². The van der Waals surface area contributed by atoms with E-state index in [4.69, 9.17) is 0 Å². The van der Waals surface area contributed by atoms with Crippen molar-refractivity contribution in [2.45, 2.75) is 6.92 Å². The molecule has 0 aromatic carbocycles. The van der Waals surface area contributed by atoms with Gasteiger partial charge in [0.15, 0.2) is 0 Å². The van der Waals surface area contributed by atoms with Gasteiger partial charge in [-0.15, -0.1) is 0 Å². The highest BCUT2D eigenvalue weighted by molar-refractivity contribution is 9.15. The second kappa shape index (κ2) is 3.76. The highest BCUT2D eigenvalue weighted by Gasteiger charge is 2.05. The van der Waals surface area contributed by atoms with Crippen LogP contribution in [0, 0.1) is 0 Å². The number of rotatable bonds is 2. The molecule has 1 aromatic heterocycles. The summed E-state index contributed by atoms with van der Waals surface area (Å²) in [6.45, 7) is 5.76. The lowest BCUT2D eigenvalue weighted by atomic mass is 10.2. The molecule has 2 heteroatoms. The molecule has 0 saturated carbocycles. The maximum atomic E-state index is 3.76. The number of hydrogen-bond donors (Lipinski definition) is 0. The van der Waals surface area contributed by atoms with E-state index in [0.29, 0.717) is 0 Å².